The van der Waals surface area contributed by atoms with E-state index in [9.17, 15) is 30.0 Å². The number of esters is 1. The summed E-state index contributed by atoms with van der Waals surface area (Å²) in [5.41, 5.74) is -3.84. The standard InChI is InChI=1S/C28H38O8/c1-14-10-20(36-23(31)15(14)2)19-13-35-28(34)12-18-16(17-7-9-26(19,32)25(17,28)4)11-22(30)27(33)8-5-6-21(29)24(18,27)3/h5-6,16-20,22,30,32-34H,7-13H2,1-4H3. The maximum Gasteiger partial charge on any atom is 0.333 e. The number of cyclic esters (lactones) is 1. The Hall–Kier alpha value is -1.58. The molecule has 0 spiro atoms. The van der Waals surface area contributed by atoms with Crippen molar-refractivity contribution in [1.82, 2.24) is 0 Å². The first-order valence-electron chi connectivity index (χ1n) is 13.3. The molecule has 0 aromatic heterocycles. The number of allylic oxidation sites excluding steroid dienone is 1. The van der Waals surface area contributed by atoms with Gasteiger partial charge in [0, 0.05) is 24.3 Å². The third-order valence-corrected chi connectivity index (χ3v) is 12.0. The lowest BCUT2D eigenvalue weighted by molar-refractivity contribution is -0.402. The first kappa shape index (κ1) is 24.7. The number of carbonyl (C=O) groups is 2. The zero-order valence-corrected chi connectivity index (χ0v) is 21.5. The monoisotopic (exact) mass is 502 g/mol. The maximum absolute atomic E-state index is 13.3. The van der Waals surface area contributed by atoms with Crippen LogP contribution in [0.5, 0.6) is 0 Å². The lowest BCUT2D eigenvalue weighted by atomic mass is 9.40. The van der Waals surface area contributed by atoms with Gasteiger partial charge in [-0.3, -0.25) is 4.79 Å². The van der Waals surface area contributed by atoms with Crippen LogP contribution in [-0.4, -0.2) is 68.0 Å². The molecule has 8 heteroatoms. The Balaban J connectivity index is 1.42. The average Bonchev–Trinajstić information content (AvgIpc) is 3.09. The smallest absolute Gasteiger partial charge is 0.333 e. The number of hydrogen-bond donors (Lipinski definition) is 4. The molecule has 6 rings (SSSR count). The highest BCUT2D eigenvalue weighted by Crippen LogP contribution is 2.73. The zero-order chi connectivity index (χ0) is 26.1. The molecule has 6 aliphatic rings. The van der Waals surface area contributed by atoms with Gasteiger partial charge >= 0.3 is 5.97 Å². The van der Waals surface area contributed by atoms with Gasteiger partial charge in [0.25, 0.3) is 0 Å². The molecule has 3 saturated carbocycles. The van der Waals surface area contributed by atoms with Crippen LogP contribution in [0.3, 0.4) is 0 Å². The summed E-state index contributed by atoms with van der Waals surface area (Å²) in [6.45, 7) is 7.25. The van der Waals surface area contributed by atoms with Gasteiger partial charge in [0.2, 0.25) is 0 Å². The van der Waals surface area contributed by atoms with Gasteiger partial charge in [0.15, 0.2) is 11.6 Å². The summed E-state index contributed by atoms with van der Waals surface area (Å²) in [4.78, 5) is 25.8. The van der Waals surface area contributed by atoms with Crippen LogP contribution in [0.2, 0.25) is 0 Å². The first-order chi connectivity index (χ1) is 16.7. The van der Waals surface area contributed by atoms with E-state index >= 15 is 0 Å². The number of aliphatic hydroxyl groups is 4. The number of ether oxygens (including phenoxy) is 2. The summed E-state index contributed by atoms with van der Waals surface area (Å²) >= 11 is 0. The predicted octanol–water partition coefficient (Wildman–Crippen LogP) is 1.79. The molecule has 4 aliphatic carbocycles. The van der Waals surface area contributed by atoms with Crippen LogP contribution in [0, 0.1) is 34.5 Å². The fraction of sp³-hybridized carbons (Fsp3) is 0.786. The van der Waals surface area contributed by atoms with Crippen molar-refractivity contribution in [3.05, 3.63) is 23.3 Å². The molecule has 0 bridgehead atoms. The fourth-order valence-corrected chi connectivity index (χ4v) is 9.48. The Labute approximate surface area is 211 Å². The summed E-state index contributed by atoms with van der Waals surface area (Å²) in [7, 11) is 0. The zero-order valence-electron chi connectivity index (χ0n) is 21.5. The lowest BCUT2D eigenvalue weighted by Gasteiger charge is -2.69. The van der Waals surface area contributed by atoms with E-state index in [2.05, 4.69) is 0 Å². The quantitative estimate of drug-likeness (QED) is 0.399. The van der Waals surface area contributed by atoms with Crippen molar-refractivity contribution in [3.63, 3.8) is 0 Å². The van der Waals surface area contributed by atoms with Crippen LogP contribution in [0.15, 0.2) is 23.3 Å². The number of hydrogen-bond acceptors (Lipinski definition) is 8. The van der Waals surface area contributed by atoms with Crippen LogP contribution in [-0.2, 0) is 19.1 Å². The SMILES string of the molecule is CC1=C(C)C(=O)OC(C2COC3(O)CC4C(CC(O)C5(O)CC=CC(=O)C45C)C4CCC2(O)C43C)C1. The number of aliphatic hydroxyl groups excluding tert-OH is 1. The minimum atomic E-state index is -1.73. The molecule has 2 heterocycles. The molecule has 0 radical (unpaired) electrons. The molecule has 0 aromatic carbocycles. The van der Waals surface area contributed by atoms with E-state index in [0.29, 0.717) is 24.8 Å². The largest absolute Gasteiger partial charge is 0.458 e. The Bertz CT molecular complexity index is 1100. The number of fused-ring (bicyclic) bond motifs is 4. The van der Waals surface area contributed by atoms with E-state index in [1.165, 1.54) is 6.08 Å². The van der Waals surface area contributed by atoms with Crippen LogP contribution in [0.1, 0.15) is 66.2 Å². The molecule has 0 aromatic rings. The Kier molecular flexibility index (Phi) is 5.01. The molecule has 8 nitrogen and oxygen atoms in total. The van der Waals surface area contributed by atoms with Crippen molar-refractivity contribution in [1.29, 1.82) is 0 Å². The second-order valence-corrected chi connectivity index (χ2v) is 12.9. The molecule has 1 saturated heterocycles. The van der Waals surface area contributed by atoms with Gasteiger partial charge in [-0.05, 0) is 70.3 Å². The Morgan fingerprint density at radius 3 is 2.44 bits per heavy atom. The van der Waals surface area contributed by atoms with E-state index < -0.39 is 51.9 Å². The van der Waals surface area contributed by atoms with E-state index in [4.69, 9.17) is 9.47 Å². The third kappa shape index (κ3) is 2.58. The second-order valence-electron chi connectivity index (χ2n) is 12.9. The van der Waals surface area contributed by atoms with Gasteiger partial charge in [0.1, 0.15) is 11.7 Å². The molecule has 198 valence electrons. The molecule has 4 fully saturated rings. The minimum absolute atomic E-state index is 0.0222. The third-order valence-electron chi connectivity index (χ3n) is 12.0. The maximum atomic E-state index is 13.3. The summed E-state index contributed by atoms with van der Waals surface area (Å²) in [5.74, 6) is -3.74. The Morgan fingerprint density at radius 2 is 1.75 bits per heavy atom. The molecule has 4 N–H and O–H groups in total. The van der Waals surface area contributed by atoms with Gasteiger partial charge in [-0.15, -0.1) is 0 Å². The number of carbonyl (C=O) groups excluding carboxylic acids is 2. The highest BCUT2D eigenvalue weighted by atomic mass is 16.6. The minimum Gasteiger partial charge on any atom is -0.458 e. The van der Waals surface area contributed by atoms with Gasteiger partial charge in [0.05, 0.1) is 29.1 Å². The number of ketones is 1. The lowest BCUT2D eigenvalue weighted by Crippen LogP contribution is -2.77. The summed E-state index contributed by atoms with van der Waals surface area (Å²) in [6, 6.07) is 0. The molecule has 36 heavy (non-hydrogen) atoms. The van der Waals surface area contributed by atoms with E-state index in [1.54, 1.807) is 19.9 Å². The van der Waals surface area contributed by atoms with Crippen molar-refractivity contribution in [2.24, 2.45) is 34.5 Å². The normalized spacial score (nSPS) is 56.1. The highest BCUT2D eigenvalue weighted by molar-refractivity contribution is 5.97. The topological polar surface area (TPSA) is 134 Å². The van der Waals surface area contributed by atoms with Crippen molar-refractivity contribution in [2.75, 3.05) is 6.61 Å². The first-order valence-corrected chi connectivity index (χ1v) is 13.3. The van der Waals surface area contributed by atoms with Gasteiger partial charge in [-0.2, -0.15) is 0 Å². The summed E-state index contributed by atoms with van der Waals surface area (Å²) in [5, 5.41) is 47.4. The van der Waals surface area contributed by atoms with Crippen molar-refractivity contribution in [3.8, 4) is 0 Å². The van der Waals surface area contributed by atoms with Gasteiger partial charge in [-0.1, -0.05) is 18.6 Å². The second kappa shape index (κ2) is 7.29. The van der Waals surface area contributed by atoms with Gasteiger partial charge < -0.3 is 29.9 Å². The van der Waals surface area contributed by atoms with E-state index in [-0.39, 0.29) is 49.5 Å². The van der Waals surface area contributed by atoms with Crippen molar-refractivity contribution < 1.29 is 39.5 Å². The number of rotatable bonds is 1. The Morgan fingerprint density at radius 1 is 1.03 bits per heavy atom. The molecule has 11 atom stereocenters. The fourth-order valence-electron chi connectivity index (χ4n) is 9.48. The van der Waals surface area contributed by atoms with E-state index in [0.717, 1.165) is 5.57 Å². The predicted molar refractivity (Wildman–Crippen MR) is 127 cm³/mol. The average molecular weight is 503 g/mol. The highest BCUT2D eigenvalue weighted by Gasteiger charge is 2.80. The van der Waals surface area contributed by atoms with Crippen LogP contribution >= 0.6 is 0 Å². The summed E-state index contributed by atoms with van der Waals surface area (Å²) < 4.78 is 12.0. The van der Waals surface area contributed by atoms with Crippen LogP contribution in [0.25, 0.3) is 0 Å². The van der Waals surface area contributed by atoms with Crippen molar-refractivity contribution in [2.45, 2.75) is 95.4 Å². The van der Waals surface area contributed by atoms with E-state index in [1.807, 2.05) is 13.8 Å². The van der Waals surface area contributed by atoms with Crippen LogP contribution < -0.4 is 0 Å². The molecule has 2 aliphatic heterocycles. The molecule has 0 amide bonds. The van der Waals surface area contributed by atoms with Gasteiger partial charge in [-0.25, -0.2) is 4.79 Å². The molecular weight excluding hydrogens is 464 g/mol. The van der Waals surface area contributed by atoms with Crippen LogP contribution in [0.4, 0.5) is 0 Å². The van der Waals surface area contributed by atoms with Crippen molar-refractivity contribution >= 4 is 11.8 Å². The molecule has 11 unspecified atom stereocenters. The molecular formula is C28H38O8. The summed E-state index contributed by atoms with van der Waals surface area (Å²) in [6.07, 6.45) is 3.46.